The SMILES string of the molecule is CCOC(=O)c1ccc(NC(=O)[C@@H](C)N(c2cc(C)cc(C)c2)S(C)(=O)=O)cc1Cl. The van der Waals surface area contributed by atoms with Gasteiger partial charge in [0.05, 0.1) is 29.1 Å². The zero-order valence-corrected chi connectivity index (χ0v) is 19.1. The Kier molecular flexibility index (Phi) is 7.49. The van der Waals surface area contributed by atoms with E-state index < -0.39 is 27.9 Å². The highest BCUT2D eigenvalue weighted by molar-refractivity contribution is 7.92. The Morgan fingerprint density at radius 2 is 1.73 bits per heavy atom. The molecule has 9 heteroatoms. The third-order valence-corrected chi connectivity index (χ3v) is 5.84. The predicted molar refractivity (Wildman–Crippen MR) is 119 cm³/mol. The van der Waals surface area contributed by atoms with Crippen LogP contribution in [0.2, 0.25) is 5.02 Å². The van der Waals surface area contributed by atoms with Gasteiger partial charge in [-0.25, -0.2) is 13.2 Å². The maximum Gasteiger partial charge on any atom is 0.339 e. The summed E-state index contributed by atoms with van der Waals surface area (Å²) < 4.78 is 30.9. The number of esters is 1. The number of halogens is 1. The van der Waals surface area contributed by atoms with Gasteiger partial charge in [0.25, 0.3) is 0 Å². The normalized spacial score (nSPS) is 12.2. The lowest BCUT2D eigenvalue weighted by molar-refractivity contribution is -0.116. The molecule has 162 valence electrons. The van der Waals surface area contributed by atoms with Gasteiger partial charge in [-0.15, -0.1) is 0 Å². The van der Waals surface area contributed by atoms with Crippen LogP contribution in [-0.2, 0) is 19.6 Å². The van der Waals surface area contributed by atoms with Crippen LogP contribution in [0, 0.1) is 13.8 Å². The third-order valence-electron chi connectivity index (χ3n) is 4.28. The topological polar surface area (TPSA) is 92.8 Å². The van der Waals surface area contributed by atoms with Crippen LogP contribution in [0.4, 0.5) is 11.4 Å². The molecule has 0 aliphatic carbocycles. The van der Waals surface area contributed by atoms with E-state index in [2.05, 4.69) is 5.32 Å². The van der Waals surface area contributed by atoms with Crippen molar-refractivity contribution in [1.82, 2.24) is 0 Å². The predicted octanol–water partition coefficient (Wildman–Crippen LogP) is 3.93. The molecule has 0 radical (unpaired) electrons. The molecular weight excluding hydrogens is 428 g/mol. The first-order valence-corrected chi connectivity index (χ1v) is 11.5. The van der Waals surface area contributed by atoms with Gasteiger partial charge in [0, 0.05) is 5.69 Å². The van der Waals surface area contributed by atoms with E-state index in [9.17, 15) is 18.0 Å². The lowest BCUT2D eigenvalue weighted by atomic mass is 10.1. The number of hydrogen-bond acceptors (Lipinski definition) is 5. The van der Waals surface area contributed by atoms with Crippen LogP contribution in [-0.4, -0.2) is 39.2 Å². The lowest BCUT2D eigenvalue weighted by Gasteiger charge is -2.29. The number of anilines is 2. The van der Waals surface area contributed by atoms with Crippen molar-refractivity contribution in [1.29, 1.82) is 0 Å². The van der Waals surface area contributed by atoms with Crippen molar-refractivity contribution in [3.05, 3.63) is 58.1 Å². The molecule has 0 unspecified atom stereocenters. The Balaban J connectivity index is 2.30. The lowest BCUT2D eigenvalue weighted by Crippen LogP contribution is -2.45. The molecule has 2 rings (SSSR count). The molecule has 2 aromatic carbocycles. The quantitative estimate of drug-likeness (QED) is 0.642. The van der Waals surface area contributed by atoms with Crippen molar-refractivity contribution in [3.8, 4) is 0 Å². The molecule has 0 bridgehead atoms. The van der Waals surface area contributed by atoms with E-state index in [0.29, 0.717) is 11.4 Å². The van der Waals surface area contributed by atoms with Gasteiger partial charge < -0.3 is 10.1 Å². The number of ether oxygens (including phenoxy) is 1. The molecule has 0 aromatic heterocycles. The number of carbonyl (C=O) groups excluding carboxylic acids is 2. The smallest absolute Gasteiger partial charge is 0.339 e. The Morgan fingerprint density at radius 3 is 2.23 bits per heavy atom. The fraction of sp³-hybridized carbons (Fsp3) is 0.333. The second kappa shape index (κ2) is 9.49. The minimum Gasteiger partial charge on any atom is -0.462 e. The molecule has 0 fully saturated rings. The highest BCUT2D eigenvalue weighted by Crippen LogP contribution is 2.26. The minimum atomic E-state index is -3.74. The summed E-state index contributed by atoms with van der Waals surface area (Å²) >= 11 is 6.13. The summed E-state index contributed by atoms with van der Waals surface area (Å²) in [6.45, 7) is 7.11. The van der Waals surface area contributed by atoms with Gasteiger partial charge in [-0.3, -0.25) is 9.10 Å². The van der Waals surface area contributed by atoms with Gasteiger partial charge in [0.1, 0.15) is 6.04 Å². The van der Waals surface area contributed by atoms with Gasteiger partial charge in [0.2, 0.25) is 15.9 Å². The molecule has 30 heavy (non-hydrogen) atoms. The highest BCUT2D eigenvalue weighted by Gasteiger charge is 2.29. The van der Waals surface area contributed by atoms with E-state index in [-0.39, 0.29) is 17.2 Å². The van der Waals surface area contributed by atoms with Gasteiger partial charge in [0.15, 0.2) is 0 Å². The van der Waals surface area contributed by atoms with Crippen molar-refractivity contribution in [2.75, 3.05) is 22.5 Å². The summed E-state index contributed by atoms with van der Waals surface area (Å²) in [5, 5.41) is 2.77. The van der Waals surface area contributed by atoms with Gasteiger partial charge in [-0.05, 0) is 69.2 Å². The molecule has 7 nitrogen and oxygen atoms in total. The number of hydrogen-bond donors (Lipinski definition) is 1. The van der Waals surface area contributed by atoms with E-state index in [4.69, 9.17) is 16.3 Å². The number of sulfonamides is 1. The molecule has 1 atom stereocenters. The monoisotopic (exact) mass is 452 g/mol. The minimum absolute atomic E-state index is 0.119. The van der Waals surface area contributed by atoms with Crippen molar-refractivity contribution in [2.24, 2.45) is 0 Å². The molecular formula is C21H25ClN2O5S. The average Bonchev–Trinajstić information content (AvgIpc) is 2.59. The van der Waals surface area contributed by atoms with Crippen LogP contribution >= 0.6 is 11.6 Å². The molecule has 0 spiro atoms. The standard InChI is InChI=1S/C21H25ClN2O5S/c1-6-29-21(26)18-8-7-16(12-19(18)22)23-20(25)15(4)24(30(5,27)28)17-10-13(2)9-14(3)11-17/h7-12,15H,6H2,1-5H3,(H,23,25)/t15-/m1/s1. The average molecular weight is 453 g/mol. The van der Waals surface area contributed by atoms with Crippen molar-refractivity contribution >= 4 is 44.9 Å². The maximum absolute atomic E-state index is 12.8. The number of benzene rings is 2. The van der Waals surface area contributed by atoms with Gasteiger partial charge >= 0.3 is 5.97 Å². The van der Waals surface area contributed by atoms with Crippen LogP contribution in [0.5, 0.6) is 0 Å². The molecule has 1 N–H and O–H groups in total. The first kappa shape index (κ1) is 23.7. The second-order valence-electron chi connectivity index (χ2n) is 6.99. The van der Waals surface area contributed by atoms with Gasteiger partial charge in [-0.2, -0.15) is 0 Å². The number of rotatable bonds is 7. The summed E-state index contributed by atoms with van der Waals surface area (Å²) in [4.78, 5) is 24.7. The fourth-order valence-electron chi connectivity index (χ4n) is 3.10. The van der Waals surface area contributed by atoms with Crippen LogP contribution in [0.3, 0.4) is 0 Å². The maximum atomic E-state index is 12.8. The summed E-state index contributed by atoms with van der Waals surface area (Å²) in [5.74, 6) is -1.11. The summed E-state index contributed by atoms with van der Waals surface area (Å²) in [5.41, 5.74) is 2.69. The Labute approximate surface area is 182 Å². The third kappa shape index (κ3) is 5.73. The van der Waals surface area contributed by atoms with Crippen molar-refractivity contribution in [3.63, 3.8) is 0 Å². The first-order valence-electron chi connectivity index (χ1n) is 9.29. The van der Waals surface area contributed by atoms with Crippen molar-refractivity contribution < 1.29 is 22.7 Å². The number of aryl methyl sites for hydroxylation is 2. The Hall–Kier alpha value is -2.58. The number of nitrogens with one attached hydrogen (secondary N) is 1. The van der Waals surface area contributed by atoms with Crippen LogP contribution in [0.25, 0.3) is 0 Å². The summed E-state index contributed by atoms with van der Waals surface area (Å²) in [6.07, 6.45) is 1.06. The molecule has 0 aliphatic heterocycles. The highest BCUT2D eigenvalue weighted by atomic mass is 35.5. The van der Waals surface area contributed by atoms with E-state index >= 15 is 0 Å². The molecule has 0 saturated heterocycles. The number of nitrogens with zero attached hydrogens (tertiary/aromatic N) is 1. The molecule has 1 amide bonds. The van der Waals surface area contributed by atoms with Crippen LogP contribution in [0.1, 0.15) is 35.3 Å². The van der Waals surface area contributed by atoms with Gasteiger partial charge in [-0.1, -0.05) is 17.7 Å². The summed E-state index contributed by atoms with van der Waals surface area (Å²) in [6, 6.07) is 8.68. The van der Waals surface area contributed by atoms with Crippen molar-refractivity contribution in [2.45, 2.75) is 33.7 Å². The Morgan fingerprint density at radius 1 is 1.13 bits per heavy atom. The summed E-state index contributed by atoms with van der Waals surface area (Å²) in [7, 11) is -3.74. The van der Waals surface area contributed by atoms with Crippen LogP contribution < -0.4 is 9.62 Å². The second-order valence-corrected chi connectivity index (χ2v) is 9.25. The first-order chi connectivity index (χ1) is 13.9. The molecule has 0 heterocycles. The van der Waals surface area contributed by atoms with E-state index in [1.54, 1.807) is 19.1 Å². The molecule has 0 aliphatic rings. The fourth-order valence-corrected chi connectivity index (χ4v) is 4.52. The number of carbonyl (C=O) groups is 2. The largest absolute Gasteiger partial charge is 0.462 e. The van der Waals surface area contributed by atoms with E-state index in [0.717, 1.165) is 21.7 Å². The van der Waals surface area contributed by atoms with E-state index in [1.807, 2.05) is 19.9 Å². The Bertz CT molecular complexity index is 1050. The van der Waals surface area contributed by atoms with E-state index in [1.165, 1.54) is 25.1 Å². The molecule has 0 saturated carbocycles. The van der Waals surface area contributed by atoms with Crippen LogP contribution in [0.15, 0.2) is 36.4 Å². The zero-order valence-electron chi connectivity index (χ0n) is 17.5. The number of amides is 1. The molecule has 2 aromatic rings. The zero-order chi connectivity index (χ0) is 22.6.